The number of ether oxygens (including phenoxy) is 2. The fourth-order valence-electron chi connectivity index (χ4n) is 3.59. The number of aromatic nitrogens is 1. The lowest BCUT2D eigenvalue weighted by Crippen LogP contribution is -2.43. The molecule has 1 N–H and O–H groups in total. The van der Waals surface area contributed by atoms with Crippen molar-refractivity contribution < 1.29 is 36.6 Å². The monoisotopic (exact) mass is 474 g/mol. The first-order valence-corrected chi connectivity index (χ1v) is 9.80. The van der Waals surface area contributed by atoms with Crippen molar-refractivity contribution in [1.82, 2.24) is 4.98 Å². The van der Waals surface area contributed by atoms with Crippen LogP contribution < -0.4 is 10.1 Å². The molecule has 2 heterocycles. The number of amides is 1. The van der Waals surface area contributed by atoms with Gasteiger partial charge in [-0.05, 0) is 31.5 Å². The molecule has 3 atom stereocenters. The molecule has 1 aliphatic rings. The molecule has 1 fully saturated rings. The Labute approximate surface area is 185 Å². The fourth-order valence-corrected chi connectivity index (χ4v) is 3.84. The number of pyridine rings is 1. The highest BCUT2D eigenvalue weighted by atomic mass is 35.5. The predicted octanol–water partition coefficient (Wildman–Crippen LogP) is 4.92. The quantitative estimate of drug-likeness (QED) is 0.492. The number of methoxy groups -OCH3 is 1. The Balaban J connectivity index is 2.01. The maximum Gasteiger partial charge on any atom is 0.417 e. The highest BCUT2D eigenvalue weighted by Crippen LogP contribution is 2.52. The van der Waals surface area contributed by atoms with Gasteiger partial charge in [0.1, 0.15) is 28.4 Å². The number of carbonyl (C=O) groups excluding carboxylic acids is 2. The zero-order valence-corrected chi connectivity index (χ0v) is 18.0. The van der Waals surface area contributed by atoms with Gasteiger partial charge in [-0.1, -0.05) is 17.7 Å². The lowest BCUT2D eigenvalue weighted by molar-refractivity contribution is -0.261. The van der Waals surface area contributed by atoms with Gasteiger partial charge < -0.3 is 14.8 Å². The largest absolute Gasteiger partial charge is 0.495 e. The first-order chi connectivity index (χ1) is 14.9. The molecule has 6 nitrogen and oxygen atoms in total. The normalized spacial score (nSPS) is 23.1. The number of alkyl halides is 3. The third-order valence-electron chi connectivity index (χ3n) is 5.29. The molecule has 1 amide bonds. The number of Topliss-reactive ketones (excluding diaryl/α,β-unsaturated/α-hetero) is 1. The van der Waals surface area contributed by atoms with Crippen LogP contribution in [0.25, 0.3) is 0 Å². The van der Waals surface area contributed by atoms with E-state index in [1.54, 1.807) is 0 Å². The van der Waals surface area contributed by atoms with Crippen LogP contribution in [0.2, 0.25) is 5.02 Å². The van der Waals surface area contributed by atoms with E-state index in [0.29, 0.717) is 0 Å². The number of nitrogens with zero attached hydrogens (tertiary/aromatic N) is 1. The highest BCUT2D eigenvalue weighted by molar-refractivity contribution is 6.32. The Morgan fingerprint density at radius 2 is 2.00 bits per heavy atom. The standard InChI is InChI=1S/C21H19ClF4N2O4/c1-10(29)15-8-11(6-7-27-15)28-19(30)18-13(9-20(2,32-18)21(24,25)26)12-4-5-14(23)16(22)17(12)31-3/h4-8,13,18H,9H2,1-3H3,(H,27,28,30)/t13-,18+,20-/m0/s1. The molecule has 0 bridgehead atoms. The molecule has 172 valence electrons. The summed E-state index contributed by atoms with van der Waals surface area (Å²) in [6, 6.07) is 4.88. The molecule has 1 aromatic heterocycles. The molecule has 0 unspecified atom stereocenters. The molecule has 32 heavy (non-hydrogen) atoms. The molecule has 1 aromatic carbocycles. The lowest BCUT2D eigenvalue weighted by atomic mass is 9.86. The zero-order valence-electron chi connectivity index (χ0n) is 17.2. The summed E-state index contributed by atoms with van der Waals surface area (Å²) in [6.07, 6.45) is -5.73. The van der Waals surface area contributed by atoms with Crippen LogP contribution in [0.4, 0.5) is 23.2 Å². The summed E-state index contributed by atoms with van der Waals surface area (Å²) in [7, 11) is 1.19. The van der Waals surface area contributed by atoms with E-state index in [4.69, 9.17) is 21.1 Å². The second-order valence-corrected chi connectivity index (χ2v) is 7.91. The minimum atomic E-state index is -4.78. The van der Waals surface area contributed by atoms with E-state index in [1.165, 1.54) is 38.4 Å². The lowest BCUT2D eigenvalue weighted by Gasteiger charge is -2.27. The van der Waals surface area contributed by atoms with Gasteiger partial charge in [0.05, 0.1) is 7.11 Å². The Bertz CT molecular complexity index is 1060. The average molecular weight is 475 g/mol. The van der Waals surface area contributed by atoms with Crippen LogP contribution in [-0.2, 0) is 9.53 Å². The predicted molar refractivity (Wildman–Crippen MR) is 108 cm³/mol. The number of halogens is 5. The Morgan fingerprint density at radius 1 is 1.31 bits per heavy atom. The van der Waals surface area contributed by atoms with Gasteiger partial charge in [-0.2, -0.15) is 13.2 Å². The van der Waals surface area contributed by atoms with Crippen molar-refractivity contribution >= 4 is 29.0 Å². The van der Waals surface area contributed by atoms with Crippen molar-refractivity contribution in [1.29, 1.82) is 0 Å². The Hall–Kier alpha value is -2.72. The number of ketones is 1. The van der Waals surface area contributed by atoms with Gasteiger partial charge in [0.25, 0.3) is 5.91 Å². The maximum absolute atomic E-state index is 13.9. The molecule has 0 saturated carbocycles. The van der Waals surface area contributed by atoms with E-state index in [2.05, 4.69) is 10.3 Å². The van der Waals surface area contributed by atoms with Crippen molar-refractivity contribution in [2.45, 2.75) is 44.1 Å². The second-order valence-electron chi connectivity index (χ2n) is 7.54. The molecule has 0 radical (unpaired) electrons. The van der Waals surface area contributed by atoms with Crippen molar-refractivity contribution in [3.8, 4) is 5.75 Å². The van der Waals surface area contributed by atoms with Crippen LogP contribution in [0.5, 0.6) is 5.75 Å². The maximum atomic E-state index is 13.9. The number of carbonyl (C=O) groups is 2. The van der Waals surface area contributed by atoms with Gasteiger partial charge >= 0.3 is 6.18 Å². The molecular formula is C21H19ClF4N2O4. The fraction of sp³-hybridized carbons (Fsp3) is 0.381. The van der Waals surface area contributed by atoms with Crippen molar-refractivity contribution in [2.24, 2.45) is 0 Å². The summed E-state index contributed by atoms with van der Waals surface area (Å²) in [5.74, 6) is -3.38. The van der Waals surface area contributed by atoms with Crippen molar-refractivity contribution in [3.05, 3.63) is 52.6 Å². The van der Waals surface area contributed by atoms with Crippen molar-refractivity contribution in [3.63, 3.8) is 0 Å². The summed E-state index contributed by atoms with van der Waals surface area (Å²) < 4.78 is 65.5. The first kappa shape index (κ1) is 23.9. The molecule has 1 saturated heterocycles. The Kier molecular flexibility index (Phi) is 6.48. The third kappa shape index (κ3) is 4.42. The molecule has 2 aromatic rings. The van der Waals surface area contributed by atoms with Crippen LogP contribution >= 0.6 is 11.6 Å². The van der Waals surface area contributed by atoms with Crippen LogP contribution in [0.1, 0.15) is 42.2 Å². The summed E-state index contributed by atoms with van der Waals surface area (Å²) in [6.45, 7) is 2.12. The van der Waals surface area contributed by atoms with Crippen LogP contribution in [-0.4, -0.2) is 41.7 Å². The molecule has 0 aliphatic carbocycles. The van der Waals surface area contributed by atoms with E-state index in [9.17, 15) is 27.2 Å². The summed E-state index contributed by atoms with van der Waals surface area (Å²) >= 11 is 5.94. The van der Waals surface area contributed by atoms with E-state index in [-0.39, 0.29) is 28.5 Å². The van der Waals surface area contributed by atoms with Gasteiger partial charge in [-0.3, -0.25) is 14.6 Å². The molecule has 1 aliphatic heterocycles. The van der Waals surface area contributed by atoms with Gasteiger partial charge in [0, 0.05) is 30.3 Å². The van der Waals surface area contributed by atoms with Gasteiger partial charge in [0.15, 0.2) is 11.4 Å². The summed E-state index contributed by atoms with van der Waals surface area (Å²) in [4.78, 5) is 28.4. The molecule has 11 heteroatoms. The van der Waals surface area contributed by atoms with Crippen LogP contribution in [0.3, 0.4) is 0 Å². The smallest absolute Gasteiger partial charge is 0.417 e. The van der Waals surface area contributed by atoms with E-state index >= 15 is 0 Å². The number of nitrogens with one attached hydrogen (secondary N) is 1. The van der Waals surface area contributed by atoms with E-state index in [0.717, 1.165) is 13.0 Å². The topological polar surface area (TPSA) is 77.5 Å². The SMILES string of the molecule is COc1c([C@@H]2C[C@@](C)(C(F)(F)F)O[C@H]2C(=O)Nc2ccnc(C(C)=O)c2)ccc(F)c1Cl. The van der Waals surface area contributed by atoms with Crippen LogP contribution in [0.15, 0.2) is 30.5 Å². The number of hydrogen-bond donors (Lipinski definition) is 1. The number of anilines is 1. The average Bonchev–Trinajstić information content (AvgIpc) is 3.09. The van der Waals surface area contributed by atoms with E-state index < -0.39 is 47.0 Å². The first-order valence-electron chi connectivity index (χ1n) is 9.42. The molecule has 3 rings (SSSR count). The summed E-state index contributed by atoms with van der Waals surface area (Å²) in [5.41, 5.74) is -2.32. The zero-order chi connectivity index (χ0) is 23.8. The van der Waals surface area contributed by atoms with Crippen molar-refractivity contribution in [2.75, 3.05) is 12.4 Å². The minimum Gasteiger partial charge on any atom is -0.495 e. The summed E-state index contributed by atoms with van der Waals surface area (Å²) in [5, 5.41) is 2.05. The highest BCUT2D eigenvalue weighted by Gasteiger charge is 2.61. The number of rotatable bonds is 5. The van der Waals surface area contributed by atoms with E-state index in [1.807, 2.05) is 0 Å². The van der Waals surface area contributed by atoms with Gasteiger partial charge in [0.2, 0.25) is 0 Å². The molecular weight excluding hydrogens is 456 g/mol. The van der Waals surface area contributed by atoms with Crippen LogP contribution in [0, 0.1) is 5.82 Å². The van der Waals surface area contributed by atoms with Gasteiger partial charge in [-0.25, -0.2) is 4.39 Å². The molecule has 0 spiro atoms. The van der Waals surface area contributed by atoms with Gasteiger partial charge in [-0.15, -0.1) is 0 Å². The minimum absolute atomic E-state index is 0.0683. The number of benzene rings is 1. The third-order valence-corrected chi connectivity index (χ3v) is 5.64. The Morgan fingerprint density at radius 3 is 2.59 bits per heavy atom. The second kappa shape index (κ2) is 8.67. The number of hydrogen-bond acceptors (Lipinski definition) is 5.